The number of aromatic nitrogens is 2. The zero-order chi connectivity index (χ0) is 19.4. The predicted molar refractivity (Wildman–Crippen MR) is 98.1 cm³/mol. The Bertz CT molecular complexity index is 896. The van der Waals surface area contributed by atoms with Gasteiger partial charge < -0.3 is 14.8 Å². The fourth-order valence-electron chi connectivity index (χ4n) is 2.41. The number of anilines is 1. The molecule has 2 heterocycles. The van der Waals surface area contributed by atoms with Crippen molar-refractivity contribution in [1.82, 2.24) is 9.97 Å². The summed E-state index contributed by atoms with van der Waals surface area (Å²) >= 11 is 1.15. The van der Waals surface area contributed by atoms with Crippen molar-refractivity contribution in [3.8, 4) is 5.75 Å². The molecular weight excluding hydrogens is 370 g/mol. The standard InChI is InChI=1S/C18H17N3O5S/c1-10-5-11(2)20-18(19-10)27-9-17(24)26-7-14(22)12-3-4-15-13(6-12)21-16(23)8-25-15/h3-6H,7-9H2,1-2H3,(H,21,23). The lowest BCUT2D eigenvalue weighted by Crippen LogP contribution is -2.25. The lowest BCUT2D eigenvalue weighted by Gasteiger charge is -2.18. The van der Waals surface area contributed by atoms with Crippen molar-refractivity contribution in [2.75, 3.05) is 24.3 Å². The molecule has 8 nitrogen and oxygen atoms in total. The van der Waals surface area contributed by atoms with Crippen LogP contribution in [0.4, 0.5) is 5.69 Å². The number of amides is 1. The van der Waals surface area contributed by atoms with Gasteiger partial charge in [0.25, 0.3) is 5.91 Å². The molecule has 1 N–H and O–H groups in total. The van der Waals surface area contributed by atoms with Crippen molar-refractivity contribution >= 4 is 35.1 Å². The third kappa shape index (κ3) is 5.04. The molecule has 2 aromatic rings. The van der Waals surface area contributed by atoms with E-state index in [0.29, 0.717) is 22.2 Å². The summed E-state index contributed by atoms with van der Waals surface area (Å²) in [6.45, 7) is 3.25. The largest absolute Gasteiger partial charge is 0.482 e. The van der Waals surface area contributed by atoms with E-state index in [-0.39, 0.29) is 30.7 Å². The highest BCUT2D eigenvalue weighted by atomic mass is 32.2. The number of ether oxygens (including phenoxy) is 2. The van der Waals surface area contributed by atoms with Gasteiger partial charge in [-0.15, -0.1) is 0 Å². The quantitative estimate of drug-likeness (QED) is 0.347. The Hall–Kier alpha value is -2.94. The van der Waals surface area contributed by atoms with Gasteiger partial charge in [0.2, 0.25) is 0 Å². The molecule has 1 aliphatic heterocycles. The van der Waals surface area contributed by atoms with Gasteiger partial charge in [0.15, 0.2) is 24.2 Å². The number of carbonyl (C=O) groups is 3. The number of benzene rings is 1. The van der Waals surface area contributed by atoms with Crippen LogP contribution in [0.3, 0.4) is 0 Å². The summed E-state index contributed by atoms with van der Waals surface area (Å²) in [6, 6.07) is 6.50. The van der Waals surface area contributed by atoms with Gasteiger partial charge in [-0.1, -0.05) is 11.8 Å². The van der Waals surface area contributed by atoms with E-state index in [1.165, 1.54) is 6.07 Å². The lowest BCUT2D eigenvalue weighted by molar-refractivity contribution is -0.139. The summed E-state index contributed by atoms with van der Waals surface area (Å²) in [5, 5.41) is 3.11. The molecule has 1 aromatic carbocycles. The van der Waals surface area contributed by atoms with Gasteiger partial charge in [-0.2, -0.15) is 0 Å². The van der Waals surface area contributed by atoms with Crippen LogP contribution in [0.15, 0.2) is 29.4 Å². The molecule has 0 unspecified atom stereocenters. The van der Waals surface area contributed by atoms with Crippen molar-refractivity contribution < 1.29 is 23.9 Å². The third-order valence-corrected chi connectivity index (χ3v) is 4.40. The molecule has 0 fully saturated rings. The molecule has 0 bridgehead atoms. The number of hydrogen-bond donors (Lipinski definition) is 1. The van der Waals surface area contributed by atoms with Crippen LogP contribution in [0.25, 0.3) is 0 Å². The number of carbonyl (C=O) groups excluding carboxylic acids is 3. The fourth-order valence-corrected chi connectivity index (χ4v) is 3.16. The molecule has 0 saturated heterocycles. The summed E-state index contributed by atoms with van der Waals surface area (Å²) in [5.41, 5.74) is 2.37. The van der Waals surface area contributed by atoms with Crippen molar-refractivity contribution in [2.45, 2.75) is 19.0 Å². The number of ketones is 1. The van der Waals surface area contributed by atoms with E-state index in [1.54, 1.807) is 12.1 Å². The Morgan fingerprint density at radius 2 is 1.96 bits per heavy atom. The van der Waals surface area contributed by atoms with Crippen molar-refractivity contribution in [1.29, 1.82) is 0 Å². The summed E-state index contributed by atoms with van der Waals surface area (Å²) in [7, 11) is 0. The number of Topliss-reactive ketones (excluding diaryl/α,β-unsaturated/α-hetero) is 1. The van der Waals surface area contributed by atoms with Crippen LogP contribution in [-0.4, -0.2) is 46.6 Å². The number of fused-ring (bicyclic) bond motifs is 1. The number of nitrogens with one attached hydrogen (secondary N) is 1. The maximum absolute atomic E-state index is 12.2. The Morgan fingerprint density at radius 3 is 2.70 bits per heavy atom. The first kappa shape index (κ1) is 18.8. The summed E-state index contributed by atoms with van der Waals surface area (Å²) in [5.74, 6) is -0.703. The van der Waals surface area contributed by atoms with E-state index in [1.807, 2.05) is 19.9 Å². The highest BCUT2D eigenvalue weighted by Gasteiger charge is 2.18. The maximum atomic E-state index is 12.2. The third-order valence-electron chi connectivity index (χ3n) is 3.58. The van der Waals surface area contributed by atoms with Crippen LogP contribution in [0.2, 0.25) is 0 Å². The Balaban J connectivity index is 1.52. The molecule has 27 heavy (non-hydrogen) atoms. The Labute approximate surface area is 159 Å². The lowest BCUT2D eigenvalue weighted by atomic mass is 10.1. The summed E-state index contributed by atoms with van der Waals surface area (Å²) in [4.78, 5) is 43.9. The summed E-state index contributed by atoms with van der Waals surface area (Å²) in [6.07, 6.45) is 0. The Kier molecular flexibility index (Phi) is 5.70. The van der Waals surface area contributed by atoms with Crippen LogP contribution in [0.5, 0.6) is 5.75 Å². The normalized spacial score (nSPS) is 12.6. The molecule has 1 aromatic heterocycles. The summed E-state index contributed by atoms with van der Waals surface area (Å²) < 4.78 is 10.3. The first-order valence-corrected chi connectivity index (χ1v) is 9.10. The molecule has 140 valence electrons. The fraction of sp³-hybridized carbons (Fsp3) is 0.278. The zero-order valence-corrected chi connectivity index (χ0v) is 15.6. The minimum Gasteiger partial charge on any atom is -0.482 e. The number of aryl methyl sites for hydroxylation is 2. The van der Waals surface area contributed by atoms with E-state index >= 15 is 0 Å². The van der Waals surface area contributed by atoms with Crippen molar-refractivity contribution in [3.63, 3.8) is 0 Å². The van der Waals surface area contributed by atoms with E-state index in [4.69, 9.17) is 9.47 Å². The number of nitrogens with zero attached hydrogens (tertiary/aromatic N) is 2. The molecule has 3 rings (SSSR count). The molecule has 1 amide bonds. The van der Waals surface area contributed by atoms with Crippen LogP contribution >= 0.6 is 11.8 Å². The smallest absolute Gasteiger partial charge is 0.316 e. The predicted octanol–water partition coefficient (Wildman–Crippen LogP) is 1.94. The van der Waals surface area contributed by atoms with Gasteiger partial charge in [-0.25, -0.2) is 9.97 Å². The second-order valence-corrected chi connectivity index (χ2v) is 6.80. The van der Waals surface area contributed by atoms with E-state index in [2.05, 4.69) is 15.3 Å². The molecule has 1 aliphatic rings. The van der Waals surface area contributed by atoms with Gasteiger partial charge in [0, 0.05) is 17.0 Å². The van der Waals surface area contributed by atoms with Crippen LogP contribution in [-0.2, 0) is 14.3 Å². The van der Waals surface area contributed by atoms with Crippen LogP contribution < -0.4 is 10.1 Å². The van der Waals surface area contributed by atoms with Crippen LogP contribution in [0.1, 0.15) is 21.7 Å². The second-order valence-electron chi connectivity index (χ2n) is 5.85. The SMILES string of the molecule is Cc1cc(C)nc(SCC(=O)OCC(=O)c2ccc3c(c2)NC(=O)CO3)n1. The van der Waals surface area contributed by atoms with Gasteiger partial charge in [0.1, 0.15) is 5.75 Å². The number of esters is 1. The molecule has 0 spiro atoms. The van der Waals surface area contributed by atoms with Gasteiger partial charge >= 0.3 is 5.97 Å². The topological polar surface area (TPSA) is 107 Å². The number of hydrogen-bond acceptors (Lipinski definition) is 8. The zero-order valence-electron chi connectivity index (χ0n) is 14.8. The minimum absolute atomic E-state index is 0.00422. The number of rotatable bonds is 6. The van der Waals surface area contributed by atoms with Crippen LogP contribution in [0, 0.1) is 13.8 Å². The molecule has 0 aliphatic carbocycles. The highest BCUT2D eigenvalue weighted by Crippen LogP contribution is 2.28. The molecular formula is C18H17N3O5S. The van der Waals surface area contributed by atoms with Crippen molar-refractivity contribution in [2.24, 2.45) is 0 Å². The molecule has 9 heteroatoms. The first-order valence-electron chi connectivity index (χ1n) is 8.11. The van der Waals surface area contributed by atoms with E-state index in [0.717, 1.165) is 23.1 Å². The monoisotopic (exact) mass is 387 g/mol. The molecule has 0 saturated carbocycles. The maximum Gasteiger partial charge on any atom is 0.316 e. The average molecular weight is 387 g/mol. The van der Waals surface area contributed by atoms with Gasteiger partial charge in [-0.05, 0) is 38.1 Å². The molecule has 0 radical (unpaired) electrons. The Morgan fingerprint density at radius 1 is 1.22 bits per heavy atom. The average Bonchev–Trinajstić information content (AvgIpc) is 2.63. The highest BCUT2D eigenvalue weighted by molar-refractivity contribution is 7.99. The van der Waals surface area contributed by atoms with E-state index < -0.39 is 5.97 Å². The second kappa shape index (κ2) is 8.17. The van der Waals surface area contributed by atoms with Crippen molar-refractivity contribution in [3.05, 3.63) is 41.2 Å². The number of thioether (sulfide) groups is 1. The minimum atomic E-state index is -0.536. The van der Waals surface area contributed by atoms with Gasteiger partial charge in [-0.3, -0.25) is 14.4 Å². The van der Waals surface area contributed by atoms with E-state index in [9.17, 15) is 14.4 Å². The molecule has 0 atom stereocenters. The van der Waals surface area contributed by atoms with Gasteiger partial charge in [0.05, 0.1) is 11.4 Å². The first-order chi connectivity index (χ1) is 12.9.